The van der Waals surface area contributed by atoms with Gasteiger partial charge in [0.1, 0.15) is 0 Å². The van der Waals surface area contributed by atoms with E-state index in [2.05, 4.69) is 56.9 Å². The number of hydrogen-bond donors (Lipinski definition) is 0. The van der Waals surface area contributed by atoms with Crippen molar-refractivity contribution in [1.29, 1.82) is 0 Å². The molecule has 2 aromatic carbocycles. The van der Waals surface area contributed by atoms with Gasteiger partial charge in [-0.2, -0.15) is 0 Å². The number of thiophene rings is 1. The maximum Gasteiger partial charge on any atom is 0.254 e. The average molecular weight is 502 g/mol. The van der Waals surface area contributed by atoms with Crippen LogP contribution in [0.5, 0.6) is 0 Å². The van der Waals surface area contributed by atoms with Gasteiger partial charge in [-0.1, -0.05) is 50.2 Å². The molecule has 0 unspecified atom stereocenters. The van der Waals surface area contributed by atoms with Gasteiger partial charge in [0.2, 0.25) is 5.91 Å². The SMILES string of the molecule is Cc1cccc(N2CCN(C(=O)[C@H]3c4ccccc4C(=O)N(CC(C)C)[C@H]3c3cccs3)CC2)c1C. The van der Waals surface area contributed by atoms with Gasteiger partial charge in [0, 0.05) is 48.9 Å². The van der Waals surface area contributed by atoms with E-state index in [0.29, 0.717) is 31.1 Å². The minimum Gasteiger partial charge on any atom is -0.368 e. The van der Waals surface area contributed by atoms with E-state index in [1.54, 1.807) is 11.3 Å². The van der Waals surface area contributed by atoms with Gasteiger partial charge in [-0.05, 0) is 60.0 Å². The summed E-state index contributed by atoms with van der Waals surface area (Å²) in [5.74, 6) is 0.0614. The van der Waals surface area contributed by atoms with Crippen LogP contribution in [0.25, 0.3) is 0 Å². The van der Waals surface area contributed by atoms with Crippen molar-refractivity contribution in [2.24, 2.45) is 5.92 Å². The summed E-state index contributed by atoms with van der Waals surface area (Å²) in [5.41, 5.74) is 5.38. The minimum absolute atomic E-state index is 0.0292. The van der Waals surface area contributed by atoms with E-state index in [0.717, 1.165) is 23.5 Å². The first kappa shape index (κ1) is 24.6. The Morgan fingerprint density at radius 2 is 1.72 bits per heavy atom. The van der Waals surface area contributed by atoms with E-state index in [-0.39, 0.29) is 17.9 Å². The summed E-state index contributed by atoms with van der Waals surface area (Å²) in [7, 11) is 0. The number of nitrogens with zero attached hydrogens (tertiary/aromatic N) is 3. The van der Waals surface area contributed by atoms with Crippen molar-refractivity contribution in [2.75, 3.05) is 37.6 Å². The molecule has 0 bridgehead atoms. The molecule has 0 radical (unpaired) electrons. The Kier molecular flexibility index (Phi) is 6.89. The van der Waals surface area contributed by atoms with Crippen molar-refractivity contribution in [3.8, 4) is 0 Å². The highest BCUT2D eigenvalue weighted by Gasteiger charge is 2.46. The standard InChI is InChI=1S/C30H35N3O2S/c1-20(2)19-33-28(26-13-8-18-36-26)27(23-10-5-6-11-24(23)29(33)34)30(35)32-16-14-31(15-17-32)25-12-7-9-21(3)22(25)4/h5-13,18,20,27-28H,14-17,19H2,1-4H3/t27-,28-/m0/s1. The largest absolute Gasteiger partial charge is 0.368 e. The highest BCUT2D eigenvalue weighted by Crippen LogP contribution is 2.45. The number of piperazine rings is 1. The molecule has 5 rings (SSSR count). The predicted octanol–water partition coefficient (Wildman–Crippen LogP) is 5.65. The molecule has 0 N–H and O–H groups in total. The minimum atomic E-state index is -0.399. The Balaban J connectivity index is 1.47. The molecule has 0 saturated carbocycles. The smallest absolute Gasteiger partial charge is 0.254 e. The van der Waals surface area contributed by atoms with E-state index in [9.17, 15) is 9.59 Å². The van der Waals surface area contributed by atoms with Crippen LogP contribution in [0.15, 0.2) is 60.0 Å². The van der Waals surface area contributed by atoms with Gasteiger partial charge in [0.25, 0.3) is 5.91 Å². The molecule has 5 nitrogen and oxygen atoms in total. The molecule has 2 aliphatic rings. The van der Waals surface area contributed by atoms with Crippen molar-refractivity contribution >= 4 is 28.8 Å². The Morgan fingerprint density at radius 1 is 0.972 bits per heavy atom. The van der Waals surface area contributed by atoms with Crippen LogP contribution in [0.3, 0.4) is 0 Å². The van der Waals surface area contributed by atoms with Crippen LogP contribution < -0.4 is 4.90 Å². The van der Waals surface area contributed by atoms with Crippen LogP contribution >= 0.6 is 11.3 Å². The third-order valence-corrected chi connectivity index (χ3v) is 8.55. The number of benzene rings is 2. The lowest BCUT2D eigenvalue weighted by molar-refractivity contribution is -0.135. The number of amides is 2. The lowest BCUT2D eigenvalue weighted by Crippen LogP contribution is -2.53. The monoisotopic (exact) mass is 501 g/mol. The van der Waals surface area contributed by atoms with Crippen molar-refractivity contribution in [3.63, 3.8) is 0 Å². The lowest BCUT2D eigenvalue weighted by atomic mass is 9.80. The van der Waals surface area contributed by atoms with Crippen molar-refractivity contribution in [3.05, 3.63) is 87.1 Å². The van der Waals surface area contributed by atoms with Gasteiger partial charge in [-0.25, -0.2) is 0 Å². The normalized spacial score (nSPS) is 20.1. The van der Waals surface area contributed by atoms with E-state index >= 15 is 0 Å². The number of rotatable bonds is 5. The maximum atomic E-state index is 14.3. The van der Waals surface area contributed by atoms with Crippen LogP contribution in [-0.2, 0) is 4.79 Å². The second-order valence-electron chi connectivity index (χ2n) is 10.4. The number of aryl methyl sites for hydroxylation is 1. The van der Waals surface area contributed by atoms with Crippen LogP contribution in [0.4, 0.5) is 5.69 Å². The van der Waals surface area contributed by atoms with Crippen molar-refractivity contribution < 1.29 is 9.59 Å². The Bertz CT molecular complexity index is 1240. The molecule has 2 atom stereocenters. The molecular formula is C30H35N3O2S. The van der Waals surface area contributed by atoms with Crippen molar-refractivity contribution in [2.45, 2.75) is 39.7 Å². The van der Waals surface area contributed by atoms with Crippen molar-refractivity contribution in [1.82, 2.24) is 9.80 Å². The second kappa shape index (κ2) is 10.1. The highest BCUT2D eigenvalue weighted by atomic mass is 32.1. The fourth-order valence-corrected chi connectivity index (χ4v) is 6.55. The fraction of sp³-hybridized carbons (Fsp3) is 0.400. The summed E-state index contributed by atoms with van der Waals surface area (Å²) in [5, 5.41) is 2.04. The molecule has 1 saturated heterocycles. The molecule has 0 spiro atoms. The van der Waals surface area contributed by atoms with Gasteiger partial charge in [-0.3, -0.25) is 9.59 Å². The number of anilines is 1. The lowest BCUT2D eigenvalue weighted by Gasteiger charge is -2.45. The molecule has 1 aromatic heterocycles. The second-order valence-corrected chi connectivity index (χ2v) is 11.4. The molecule has 2 aliphatic heterocycles. The van der Waals surface area contributed by atoms with E-state index < -0.39 is 5.92 Å². The summed E-state index contributed by atoms with van der Waals surface area (Å²) >= 11 is 1.63. The maximum absolute atomic E-state index is 14.3. The van der Waals surface area contributed by atoms with Gasteiger partial charge < -0.3 is 14.7 Å². The zero-order chi connectivity index (χ0) is 25.4. The molecule has 36 heavy (non-hydrogen) atoms. The first-order valence-corrected chi connectivity index (χ1v) is 13.8. The molecule has 188 valence electrons. The summed E-state index contributed by atoms with van der Waals surface area (Å²) in [6.45, 7) is 12.2. The third kappa shape index (κ3) is 4.43. The van der Waals surface area contributed by atoms with E-state index in [1.165, 1.54) is 16.8 Å². The number of carbonyl (C=O) groups excluding carboxylic acids is 2. The fourth-order valence-electron chi connectivity index (χ4n) is 5.67. The molecule has 1 fully saturated rings. The van der Waals surface area contributed by atoms with E-state index in [4.69, 9.17) is 0 Å². The van der Waals surface area contributed by atoms with Crippen LogP contribution in [-0.4, -0.2) is 54.3 Å². The van der Waals surface area contributed by atoms with Crippen LogP contribution in [0.2, 0.25) is 0 Å². The molecule has 3 aromatic rings. The predicted molar refractivity (Wildman–Crippen MR) is 147 cm³/mol. The highest BCUT2D eigenvalue weighted by molar-refractivity contribution is 7.10. The van der Waals surface area contributed by atoms with Gasteiger partial charge in [0.05, 0.1) is 12.0 Å². The molecule has 6 heteroatoms. The molecule has 2 amide bonds. The topological polar surface area (TPSA) is 43.9 Å². The third-order valence-electron chi connectivity index (χ3n) is 7.61. The number of carbonyl (C=O) groups is 2. The Hall–Kier alpha value is -3.12. The molecule has 0 aliphatic carbocycles. The number of fused-ring (bicyclic) bond motifs is 1. The first-order valence-electron chi connectivity index (χ1n) is 12.9. The quantitative estimate of drug-likeness (QED) is 0.454. The van der Waals surface area contributed by atoms with E-state index in [1.807, 2.05) is 45.5 Å². The summed E-state index contributed by atoms with van der Waals surface area (Å²) in [6.07, 6.45) is 0. The Morgan fingerprint density at radius 3 is 2.42 bits per heavy atom. The Labute approximate surface area is 218 Å². The van der Waals surface area contributed by atoms with Gasteiger partial charge in [-0.15, -0.1) is 11.3 Å². The summed E-state index contributed by atoms with van der Waals surface area (Å²) in [4.78, 5) is 35.4. The molecular weight excluding hydrogens is 466 g/mol. The zero-order valence-electron chi connectivity index (χ0n) is 21.6. The summed E-state index contributed by atoms with van der Waals surface area (Å²) < 4.78 is 0. The van der Waals surface area contributed by atoms with Gasteiger partial charge in [0.15, 0.2) is 0 Å². The van der Waals surface area contributed by atoms with Crippen LogP contribution in [0.1, 0.15) is 57.7 Å². The first-order chi connectivity index (χ1) is 17.4. The van der Waals surface area contributed by atoms with Crippen LogP contribution in [0, 0.1) is 19.8 Å². The molecule has 3 heterocycles. The summed E-state index contributed by atoms with van der Waals surface area (Å²) in [6, 6.07) is 18.0. The van der Waals surface area contributed by atoms with Gasteiger partial charge >= 0.3 is 0 Å². The average Bonchev–Trinajstić information content (AvgIpc) is 3.41. The zero-order valence-corrected chi connectivity index (χ0v) is 22.4. The number of hydrogen-bond acceptors (Lipinski definition) is 4.